The molecule has 2 fully saturated rings. The van der Waals surface area contributed by atoms with Crippen LogP contribution in [0.25, 0.3) is 16.8 Å². The van der Waals surface area contributed by atoms with E-state index in [-0.39, 0.29) is 35.2 Å². The van der Waals surface area contributed by atoms with E-state index in [1.165, 1.54) is 23.8 Å². The third-order valence-electron chi connectivity index (χ3n) is 8.27. The number of halogens is 2. The van der Waals surface area contributed by atoms with E-state index in [2.05, 4.69) is 30.6 Å². The van der Waals surface area contributed by atoms with Crippen LogP contribution in [0.15, 0.2) is 48.9 Å². The van der Waals surface area contributed by atoms with Gasteiger partial charge in [-0.25, -0.2) is 18.6 Å². The Morgan fingerprint density at radius 3 is 2.60 bits per heavy atom. The smallest absolute Gasteiger partial charge is 0.407 e. The minimum absolute atomic E-state index is 0.0305. The summed E-state index contributed by atoms with van der Waals surface area (Å²) in [5.74, 6) is -0.873. The minimum atomic E-state index is -0.659. The second kappa shape index (κ2) is 12.1. The number of benzene rings is 1. The van der Waals surface area contributed by atoms with Gasteiger partial charge in [0.25, 0.3) is 0 Å². The summed E-state index contributed by atoms with van der Waals surface area (Å²) in [7, 11) is 1.32. The first-order valence-electron chi connectivity index (χ1n) is 14.3. The molecule has 1 amide bonds. The summed E-state index contributed by atoms with van der Waals surface area (Å²) in [5, 5.41) is 10.7. The number of hydrogen-bond acceptors (Lipinski definition) is 9. The number of methoxy groups -OCH3 is 1. The first-order valence-corrected chi connectivity index (χ1v) is 14.3. The molecular weight excluding hydrogens is 558 g/mol. The van der Waals surface area contributed by atoms with Crippen LogP contribution >= 0.6 is 0 Å². The van der Waals surface area contributed by atoms with Gasteiger partial charge < -0.3 is 30.7 Å². The molecule has 2 aliphatic rings. The highest BCUT2D eigenvalue weighted by atomic mass is 19.1. The molecule has 43 heavy (non-hydrogen) atoms. The van der Waals surface area contributed by atoms with Crippen molar-refractivity contribution in [3.8, 4) is 11.3 Å². The lowest BCUT2D eigenvalue weighted by Gasteiger charge is -2.42. The highest BCUT2D eigenvalue weighted by Gasteiger charge is 2.34. The van der Waals surface area contributed by atoms with Crippen LogP contribution in [0, 0.1) is 17.6 Å². The second-order valence-corrected chi connectivity index (χ2v) is 11.1. The molecule has 0 bridgehead atoms. The Kier molecular flexibility index (Phi) is 8.08. The van der Waals surface area contributed by atoms with Gasteiger partial charge >= 0.3 is 6.09 Å². The maximum Gasteiger partial charge on any atom is 0.407 e. The first kappa shape index (κ1) is 28.7. The number of imidazole rings is 1. The summed E-state index contributed by atoms with van der Waals surface area (Å²) in [5.41, 5.74) is 9.19. The van der Waals surface area contributed by atoms with Gasteiger partial charge in [0.1, 0.15) is 11.6 Å². The molecule has 1 aromatic carbocycles. The molecule has 0 aliphatic carbocycles. The van der Waals surface area contributed by atoms with Crippen LogP contribution < -0.4 is 21.3 Å². The van der Waals surface area contributed by atoms with Crippen molar-refractivity contribution >= 4 is 28.9 Å². The van der Waals surface area contributed by atoms with Crippen molar-refractivity contribution in [1.82, 2.24) is 24.9 Å². The molecular formula is C30H34F2N8O3. The number of carbonyl (C=O) groups excluding carboxylic acids is 1. The van der Waals surface area contributed by atoms with Crippen LogP contribution in [0.2, 0.25) is 0 Å². The van der Waals surface area contributed by atoms with E-state index in [1.807, 2.05) is 13.0 Å². The number of nitrogens with zero attached hydrogens (tertiary/aromatic N) is 5. The number of fused-ring (bicyclic) bond motifs is 1. The Bertz CT molecular complexity index is 1590. The van der Waals surface area contributed by atoms with Crippen molar-refractivity contribution < 1.29 is 23.0 Å². The number of rotatable bonds is 6. The lowest BCUT2D eigenvalue weighted by molar-refractivity contribution is 0.0852. The molecule has 0 radical (unpaired) electrons. The zero-order valence-electron chi connectivity index (χ0n) is 24.0. The van der Waals surface area contributed by atoms with Crippen molar-refractivity contribution in [3.63, 3.8) is 0 Å². The minimum Gasteiger partial charge on any atom is -0.453 e. The summed E-state index contributed by atoms with van der Waals surface area (Å²) in [4.78, 5) is 22.7. The molecule has 2 saturated heterocycles. The van der Waals surface area contributed by atoms with Crippen LogP contribution in [0.3, 0.4) is 0 Å². The lowest BCUT2D eigenvalue weighted by Crippen LogP contribution is -2.62. The van der Waals surface area contributed by atoms with Crippen molar-refractivity contribution in [2.75, 3.05) is 43.6 Å². The molecule has 13 heteroatoms. The predicted octanol–water partition coefficient (Wildman–Crippen LogP) is 4.22. The lowest BCUT2D eigenvalue weighted by atomic mass is 9.90. The highest BCUT2D eigenvalue weighted by molar-refractivity contribution is 5.74. The fourth-order valence-electron chi connectivity index (χ4n) is 6.05. The molecule has 0 saturated carbocycles. The zero-order chi connectivity index (χ0) is 30.1. The maximum absolute atomic E-state index is 15.4. The number of amides is 1. The van der Waals surface area contributed by atoms with Crippen LogP contribution in [-0.4, -0.2) is 71.2 Å². The van der Waals surface area contributed by atoms with E-state index in [0.29, 0.717) is 49.0 Å². The third kappa shape index (κ3) is 5.82. The summed E-state index contributed by atoms with van der Waals surface area (Å²) in [6.45, 7) is 4.28. The Labute approximate surface area is 247 Å². The number of aromatic nitrogens is 4. The van der Waals surface area contributed by atoms with Gasteiger partial charge in [0.15, 0.2) is 0 Å². The van der Waals surface area contributed by atoms with Crippen molar-refractivity contribution in [2.24, 2.45) is 11.7 Å². The van der Waals surface area contributed by atoms with E-state index in [0.717, 1.165) is 18.5 Å². The molecule has 3 atom stereocenters. The Hall–Kier alpha value is -4.36. The van der Waals surface area contributed by atoms with Gasteiger partial charge in [-0.05, 0) is 60.6 Å². The molecule has 6 rings (SSSR count). The average Bonchev–Trinajstić information content (AvgIpc) is 3.41. The topological polar surface area (TPSA) is 132 Å². The standard InChI is InChI=1S/C30H34F2N8O3/c1-17-15-39(16-23(33)28(17)37-30(41)42-2)26-5-8-34-14-25(26)36-29-35-13-20-3-4-24(38-40(20)29)27-21(31)11-19(12-22(27)32)18-6-9-43-10-7-18/h3-5,8,11-14,17-18,23,28H,6-7,9-10,15-16,33H2,1-2H3,(H,35,36)(H,37,41). The van der Waals surface area contributed by atoms with Gasteiger partial charge in [-0.1, -0.05) is 6.92 Å². The normalized spacial score (nSPS) is 21.1. The van der Waals surface area contributed by atoms with Gasteiger partial charge in [0.2, 0.25) is 5.95 Å². The van der Waals surface area contributed by atoms with E-state index >= 15 is 8.78 Å². The van der Waals surface area contributed by atoms with Gasteiger partial charge in [0.05, 0.1) is 53.7 Å². The number of piperidine rings is 1. The zero-order valence-corrected chi connectivity index (χ0v) is 24.0. The van der Waals surface area contributed by atoms with Gasteiger partial charge in [-0.3, -0.25) is 4.98 Å². The highest BCUT2D eigenvalue weighted by Crippen LogP contribution is 2.34. The van der Waals surface area contributed by atoms with E-state index in [1.54, 1.807) is 30.7 Å². The van der Waals surface area contributed by atoms with Crippen LogP contribution in [0.5, 0.6) is 0 Å². The van der Waals surface area contributed by atoms with E-state index < -0.39 is 17.7 Å². The molecule has 11 nitrogen and oxygen atoms in total. The third-order valence-corrected chi connectivity index (χ3v) is 8.27. The van der Waals surface area contributed by atoms with Gasteiger partial charge in [-0.2, -0.15) is 9.61 Å². The number of pyridine rings is 1. The average molecular weight is 593 g/mol. The maximum atomic E-state index is 15.4. The predicted molar refractivity (Wildman–Crippen MR) is 157 cm³/mol. The van der Waals surface area contributed by atoms with E-state index in [4.69, 9.17) is 15.2 Å². The number of hydrogen-bond donors (Lipinski definition) is 3. The number of alkyl carbamates (subject to hydrolysis) is 1. The molecule has 3 aromatic heterocycles. The fraction of sp³-hybridized carbons (Fsp3) is 0.400. The molecule has 4 N–H and O–H groups in total. The Morgan fingerprint density at radius 1 is 1.12 bits per heavy atom. The molecule has 0 spiro atoms. The quantitative estimate of drug-likeness (QED) is 0.301. The van der Waals surface area contributed by atoms with Crippen molar-refractivity contribution in [1.29, 1.82) is 0 Å². The van der Waals surface area contributed by atoms with Crippen molar-refractivity contribution in [3.05, 3.63) is 66.1 Å². The summed E-state index contributed by atoms with van der Waals surface area (Å²) >= 11 is 0. The SMILES string of the molecule is COC(=O)NC1C(C)CN(c2ccncc2Nc2ncc3ccc(-c4c(F)cc(C5CCOCC5)cc4F)nn23)CC1N. The van der Waals surface area contributed by atoms with Crippen LogP contribution in [0.1, 0.15) is 31.2 Å². The Morgan fingerprint density at radius 2 is 1.88 bits per heavy atom. The van der Waals surface area contributed by atoms with Crippen LogP contribution in [0.4, 0.5) is 30.9 Å². The molecule has 5 heterocycles. The monoisotopic (exact) mass is 592 g/mol. The van der Waals surface area contributed by atoms with Gasteiger partial charge in [-0.15, -0.1) is 0 Å². The van der Waals surface area contributed by atoms with Crippen LogP contribution in [-0.2, 0) is 9.47 Å². The number of carbonyl (C=O) groups is 1. The summed E-state index contributed by atoms with van der Waals surface area (Å²) in [6, 6.07) is 7.40. The summed E-state index contributed by atoms with van der Waals surface area (Å²) < 4.78 is 42.4. The van der Waals surface area contributed by atoms with E-state index in [9.17, 15) is 4.79 Å². The first-order chi connectivity index (χ1) is 20.8. The molecule has 4 aromatic rings. The fourth-order valence-corrected chi connectivity index (χ4v) is 6.05. The van der Waals surface area contributed by atoms with Gasteiger partial charge in [0, 0.05) is 38.5 Å². The molecule has 3 unspecified atom stereocenters. The van der Waals surface area contributed by atoms with Crippen molar-refractivity contribution in [2.45, 2.75) is 37.8 Å². The number of ether oxygens (including phenoxy) is 2. The number of nitrogens with two attached hydrogens (primary N) is 1. The molecule has 226 valence electrons. The summed E-state index contributed by atoms with van der Waals surface area (Å²) in [6.07, 6.45) is 5.93. The number of anilines is 3. The second-order valence-electron chi connectivity index (χ2n) is 11.1. The molecule has 2 aliphatic heterocycles. The largest absolute Gasteiger partial charge is 0.453 e. The number of nitrogens with one attached hydrogen (secondary N) is 2. The Balaban J connectivity index is 1.27.